The minimum atomic E-state index is -0.244. The van der Waals surface area contributed by atoms with Crippen molar-refractivity contribution in [2.75, 3.05) is 0 Å². The Morgan fingerprint density at radius 3 is 2.77 bits per heavy atom. The smallest absolute Gasteiger partial charge is 0.222 e. The Bertz CT molecular complexity index is 988. The number of halogens is 2. The molecule has 0 radical (unpaired) electrons. The van der Waals surface area contributed by atoms with E-state index in [4.69, 9.17) is 9.84 Å². The predicted molar refractivity (Wildman–Crippen MR) is 104 cm³/mol. The molecule has 0 aliphatic carbocycles. The highest BCUT2D eigenvalue weighted by Gasteiger charge is 2.41. The minimum Gasteiger partial charge on any atom is -0.464 e. The van der Waals surface area contributed by atoms with Gasteiger partial charge in [-0.25, -0.2) is 9.40 Å². The maximum absolute atomic E-state index is 13.3. The number of thiophene rings is 1. The summed E-state index contributed by atoms with van der Waals surface area (Å²) in [5.41, 5.74) is 3.02. The summed E-state index contributed by atoms with van der Waals surface area (Å²) >= 11 is 5.22. The molecule has 0 bridgehead atoms. The Labute approximate surface area is 162 Å². The van der Waals surface area contributed by atoms with Crippen LogP contribution < -0.4 is 4.74 Å². The van der Waals surface area contributed by atoms with E-state index < -0.39 is 0 Å². The Hall–Kier alpha value is -2.18. The first-order chi connectivity index (χ1) is 12.7. The molecule has 1 aromatic heterocycles. The summed E-state index contributed by atoms with van der Waals surface area (Å²) in [5, 5.41) is 8.96. The summed E-state index contributed by atoms with van der Waals surface area (Å²) in [6.45, 7) is 0. The van der Waals surface area contributed by atoms with Gasteiger partial charge in [-0.05, 0) is 47.3 Å². The maximum atomic E-state index is 13.3. The number of hydrazone groups is 1. The molecule has 2 aliphatic heterocycles. The van der Waals surface area contributed by atoms with E-state index in [9.17, 15) is 4.39 Å². The van der Waals surface area contributed by atoms with E-state index in [0.717, 1.165) is 38.4 Å². The van der Waals surface area contributed by atoms with Crippen LogP contribution in [-0.4, -0.2) is 10.7 Å². The monoisotopic (exact) mass is 428 g/mol. The van der Waals surface area contributed by atoms with Crippen LogP contribution in [0.4, 0.5) is 4.39 Å². The number of fused-ring (bicyclic) bond motifs is 3. The fourth-order valence-corrected chi connectivity index (χ4v) is 4.62. The second-order valence-corrected chi connectivity index (χ2v) is 8.22. The SMILES string of the molecule is Fc1ccc(C2=NN3[C@H](C2)c2cc(Br)ccc2O[C@@H]3c2cccs2)cc1. The standard InChI is InChI=1S/C20H14BrFN2OS/c21-13-5-8-18-15(10-13)17-11-16(12-3-6-14(22)7-4-12)23-24(17)20(25-18)19-2-1-9-26-19/h1-10,17,20H,11H2/t17-,20-/m1/s1. The van der Waals surface area contributed by atoms with Crippen LogP contribution in [0.5, 0.6) is 5.75 Å². The van der Waals surface area contributed by atoms with E-state index in [1.807, 2.05) is 28.6 Å². The highest BCUT2D eigenvalue weighted by molar-refractivity contribution is 9.10. The van der Waals surface area contributed by atoms with Crippen molar-refractivity contribution >= 4 is 33.0 Å². The van der Waals surface area contributed by atoms with Gasteiger partial charge in [0.1, 0.15) is 11.6 Å². The molecule has 6 heteroatoms. The van der Waals surface area contributed by atoms with E-state index in [1.165, 1.54) is 12.1 Å². The number of ether oxygens (including phenoxy) is 1. The van der Waals surface area contributed by atoms with Gasteiger partial charge in [-0.15, -0.1) is 11.3 Å². The zero-order chi connectivity index (χ0) is 17.7. The largest absolute Gasteiger partial charge is 0.464 e. The fourth-order valence-electron chi connectivity index (χ4n) is 3.49. The molecule has 3 aromatic rings. The zero-order valence-corrected chi connectivity index (χ0v) is 16.0. The van der Waals surface area contributed by atoms with Crippen LogP contribution in [-0.2, 0) is 0 Å². The van der Waals surface area contributed by atoms with Crippen molar-refractivity contribution in [3.05, 3.63) is 86.3 Å². The molecule has 2 aromatic carbocycles. The molecule has 130 valence electrons. The molecule has 0 fully saturated rings. The number of benzene rings is 2. The molecule has 3 heterocycles. The Kier molecular flexibility index (Phi) is 3.83. The Balaban J connectivity index is 1.60. The third-order valence-electron chi connectivity index (χ3n) is 4.72. The molecule has 26 heavy (non-hydrogen) atoms. The van der Waals surface area contributed by atoms with Gasteiger partial charge in [0.05, 0.1) is 16.6 Å². The summed E-state index contributed by atoms with van der Waals surface area (Å²) in [5.74, 6) is 0.655. The number of nitrogens with zero attached hydrogens (tertiary/aromatic N) is 2. The molecule has 0 unspecified atom stereocenters. The van der Waals surface area contributed by atoms with Crippen LogP contribution in [0.3, 0.4) is 0 Å². The lowest BCUT2D eigenvalue weighted by Crippen LogP contribution is -2.33. The van der Waals surface area contributed by atoms with Gasteiger partial charge >= 0.3 is 0 Å². The second-order valence-electron chi connectivity index (χ2n) is 6.32. The van der Waals surface area contributed by atoms with Crippen LogP contribution in [0.15, 0.2) is 69.6 Å². The van der Waals surface area contributed by atoms with Crippen molar-refractivity contribution in [2.24, 2.45) is 5.10 Å². The average Bonchev–Trinajstić information content (AvgIpc) is 3.32. The van der Waals surface area contributed by atoms with Gasteiger partial charge in [-0.3, -0.25) is 0 Å². The Morgan fingerprint density at radius 2 is 2.00 bits per heavy atom. The minimum absolute atomic E-state index is 0.100. The van der Waals surface area contributed by atoms with Crippen molar-refractivity contribution in [1.29, 1.82) is 0 Å². The summed E-state index contributed by atoms with van der Waals surface area (Å²) < 4.78 is 20.6. The third kappa shape index (κ3) is 2.64. The zero-order valence-electron chi connectivity index (χ0n) is 13.6. The molecule has 2 aliphatic rings. The number of rotatable bonds is 2. The summed E-state index contributed by atoms with van der Waals surface area (Å²) in [4.78, 5) is 1.12. The van der Waals surface area contributed by atoms with Crippen molar-refractivity contribution in [3.8, 4) is 5.75 Å². The molecule has 0 spiro atoms. The van der Waals surface area contributed by atoms with Gasteiger partial charge in [0, 0.05) is 16.5 Å². The van der Waals surface area contributed by atoms with Crippen LogP contribution in [0, 0.1) is 5.82 Å². The molecule has 0 amide bonds. The lowest BCUT2D eigenvalue weighted by molar-refractivity contribution is -0.0166. The van der Waals surface area contributed by atoms with E-state index in [0.29, 0.717) is 0 Å². The lowest BCUT2D eigenvalue weighted by Gasteiger charge is -2.37. The first-order valence-electron chi connectivity index (χ1n) is 8.30. The van der Waals surface area contributed by atoms with Gasteiger partial charge in [-0.1, -0.05) is 34.1 Å². The topological polar surface area (TPSA) is 24.8 Å². The molecule has 0 N–H and O–H groups in total. The third-order valence-corrected chi connectivity index (χ3v) is 6.11. The highest BCUT2D eigenvalue weighted by atomic mass is 79.9. The van der Waals surface area contributed by atoms with Crippen molar-refractivity contribution in [1.82, 2.24) is 5.01 Å². The van der Waals surface area contributed by atoms with E-state index >= 15 is 0 Å². The first-order valence-corrected chi connectivity index (χ1v) is 9.97. The van der Waals surface area contributed by atoms with Crippen LogP contribution in [0.1, 0.15) is 34.7 Å². The van der Waals surface area contributed by atoms with Crippen molar-refractivity contribution in [2.45, 2.75) is 18.7 Å². The average molecular weight is 429 g/mol. The lowest BCUT2D eigenvalue weighted by atomic mass is 9.96. The van der Waals surface area contributed by atoms with Crippen LogP contribution in [0.25, 0.3) is 0 Å². The summed E-state index contributed by atoms with van der Waals surface area (Å²) in [6, 6.07) is 16.8. The molecule has 0 saturated carbocycles. The maximum Gasteiger partial charge on any atom is 0.222 e. The summed E-state index contributed by atoms with van der Waals surface area (Å²) in [6.07, 6.45) is 0.520. The fraction of sp³-hybridized carbons (Fsp3) is 0.150. The quantitative estimate of drug-likeness (QED) is 0.507. The summed E-state index contributed by atoms with van der Waals surface area (Å²) in [7, 11) is 0. The predicted octanol–water partition coefficient (Wildman–Crippen LogP) is 5.89. The van der Waals surface area contributed by atoms with E-state index in [-0.39, 0.29) is 18.1 Å². The highest BCUT2D eigenvalue weighted by Crippen LogP contribution is 2.48. The molecular weight excluding hydrogens is 415 g/mol. The molecule has 2 atom stereocenters. The van der Waals surface area contributed by atoms with Gasteiger partial charge in [0.2, 0.25) is 6.23 Å². The van der Waals surface area contributed by atoms with Gasteiger partial charge in [0.15, 0.2) is 0 Å². The molecule has 0 saturated heterocycles. The van der Waals surface area contributed by atoms with Gasteiger partial charge in [0.25, 0.3) is 0 Å². The normalized spacial score (nSPS) is 21.0. The molecular formula is C20H14BrFN2OS. The van der Waals surface area contributed by atoms with Crippen molar-refractivity contribution < 1.29 is 9.13 Å². The van der Waals surface area contributed by atoms with E-state index in [1.54, 1.807) is 23.5 Å². The Morgan fingerprint density at radius 1 is 1.15 bits per heavy atom. The van der Waals surface area contributed by atoms with Crippen molar-refractivity contribution in [3.63, 3.8) is 0 Å². The first kappa shape index (κ1) is 16.0. The second kappa shape index (κ2) is 6.21. The number of hydrogen-bond donors (Lipinski definition) is 0. The number of hydrogen-bond acceptors (Lipinski definition) is 4. The van der Waals surface area contributed by atoms with Gasteiger partial charge < -0.3 is 4.74 Å². The molecule has 3 nitrogen and oxygen atoms in total. The van der Waals surface area contributed by atoms with Crippen LogP contribution >= 0.6 is 27.3 Å². The van der Waals surface area contributed by atoms with Crippen LogP contribution in [0.2, 0.25) is 0 Å². The van der Waals surface area contributed by atoms with E-state index in [2.05, 4.69) is 28.1 Å². The van der Waals surface area contributed by atoms with Gasteiger partial charge in [-0.2, -0.15) is 5.10 Å². The molecule has 5 rings (SSSR count).